The van der Waals surface area contributed by atoms with Gasteiger partial charge < -0.3 is 9.15 Å². The number of nitrogens with zero attached hydrogens (tertiary/aromatic N) is 2. The number of carbonyl (C=O) groups is 1. The minimum Gasteiger partial charge on any atom is -0.451 e. The summed E-state index contributed by atoms with van der Waals surface area (Å²) in [5.74, 6) is 0.356. The molecule has 0 aliphatic carbocycles. The van der Waals surface area contributed by atoms with Crippen molar-refractivity contribution in [1.29, 1.82) is 0 Å². The van der Waals surface area contributed by atoms with Gasteiger partial charge in [0.1, 0.15) is 6.04 Å². The van der Waals surface area contributed by atoms with Crippen molar-refractivity contribution in [3.05, 3.63) is 53.7 Å². The van der Waals surface area contributed by atoms with Gasteiger partial charge in [0.25, 0.3) is 11.8 Å². The fraction of sp³-hybridized carbons (Fsp3) is 0.316. The number of benzene rings is 1. The van der Waals surface area contributed by atoms with Crippen LogP contribution in [0.2, 0.25) is 0 Å². The number of aromatic nitrogens is 2. The number of hydrogen-bond acceptors (Lipinski definition) is 9. The van der Waals surface area contributed by atoms with Crippen molar-refractivity contribution in [2.75, 3.05) is 12.0 Å². The Morgan fingerprint density at radius 3 is 2.67 bits per heavy atom. The number of thioether (sulfide) groups is 1. The fourth-order valence-corrected chi connectivity index (χ4v) is 4.88. The normalized spacial score (nSPS) is 13.7. The SMILES string of the molecule is CSCCC(NS(=O)(=O)c1ccccc1)C(=O)OC(C)c1nnc(-c2cccs2)o1. The van der Waals surface area contributed by atoms with Crippen molar-refractivity contribution < 1.29 is 22.4 Å². The molecule has 1 aromatic carbocycles. The molecule has 2 aromatic heterocycles. The third-order valence-electron chi connectivity index (χ3n) is 4.06. The highest BCUT2D eigenvalue weighted by atomic mass is 32.2. The number of nitrogens with one attached hydrogen (secondary N) is 1. The van der Waals surface area contributed by atoms with Crippen molar-refractivity contribution in [3.8, 4) is 10.8 Å². The van der Waals surface area contributed by atoms with E-state index < -0.39 is 28.1 Å². The van der Waals surface area contributed by atoms with Crippen LogP contribution >= 0.6 is 23.1 Å². The highest BCUT2D eigenvalue weighted by Gasteiger charge is 2.29. The molecule has 0 saturated carbocycles. The zero-order valence-electron chi connectivity index (χ0n) is 16.3. The minimum atomic E-state index is -3.87. The number of hydrogen-bond donors (Lipinski definition) is 1. The molecule has 0 bridgehead atoms. The van der Waals surface area contributed by atoms with E-state index >= 15 is 0 Å². The maximum Gasteiger partial charge on any atom is 0.324 e. The van der Waals surface area contributed by atoms with E-state index in [1.807, 2.05) is 23.8 Å². The van der Waals surface area contributed by atoms with Gasteiger partial charge in [0, 0.05) is 0 Å². The Labute approximate surface area is 183 Å². The standard InChI is InChI=1S/C19H21N3O5S3/c1-13(17-20-21-18(27-17)16-9-6-11-29-16)26-19(23)15(10-12-28-2)22-30(24,25)14-7-4-3-5-8-14/h3-9,11,13,15,22H,10,12H2,1-2H3. The number of ether oxygens (including phenoxy) is 1. The predicted molar refractivity (Wildman–Crippen MR) is 116 cm³/mol. The number of carbonyl (C=O) groups excluding carboxylic acids is 1. The Balaban J connectivity index is 1.70. The zero-order valence-corrected chi connectivity index (χ0v) is 18.8. The first-order valence-electron chi connectivity index (χ1n) is 9.05. The van der Waals surface area contributed by atoms with E-state index in [2.05, 4.69) is 14.9 Å². The maximum absolute atomic E-state index is 12.7. The molecule has 2 unspecified atom stereocenters. The van der Waals surface area contributed by atoms with Crippen LogP contribution in [0.5, 0.6) is 0 Å². The van der Waals surface area contributed by atoms with Crippen molar-refractivity contribution in [2.24, 2.45) is 0 Å². The van der Waals surface area contributed by atoms with Crippen LogP contribution in [0.3, 0.4) is 0 Å². The second-order valence-corrected chi connectivity index (χ2v) is 9.92. The summed E-state index contributed by atoms with van der Waals surface area (Å²) in [6.45, 7) is 1.60. The topological polar surface area (TPSA) is 111 Å². The Kier molecular flexibility index (Phi) is 7.64. The summed E-state index contributed by atoms with van der Waals surface area (Å²) in [5, 5.41) is 9.79. The zero-order chi connectivity index (χ0) is 21.6. The van der Waals surface area contributed by atoms with Crippen LogP contribution in [0.15, 0.2) is 57.2 Å². The quantitative estimate of drug-likeness (QED) is 0.451. The largest absolute Gasteiger partial charge is 0.451 e. The van der Waals surface area contributed by atoms with E-state index in [1.165, 1.54) is 35.2 Å². The van der Waals surface area contributed by atoms with Crippen molar-refractivity contribution in [1.82, 2.24) is 14.9 Å². The number of esters is 1. The molecule has 3 aromatic rings. The molecule has 2 atom stereocenters. The van der Waals surface area contributed by atoms with Gasteiger partial charge in [-0.2, -0.15) is 16.5 Å². The molecule has 0 spiro atoms. The van der Waals surface area contributed by atoms with Crippen molar-refractivity contribution >= 4 is 39.1 Å². The van der Waals surface area contributed by atoms with Crippen LogP contribution in [-0.2, 0) is 19.6 Å². The van der Waals surface area contributed by atoms with Gasteiger partial charge in [0.2, 0.25) is 10.0 Å². The Hall–Kier alpha value is -2.21. The van der Waals surface area contributed by atoms with E-state index in [4.69, 9.17) is 9.15 Å². The van der Waals surface area contributed by atoms with Gasteiger partial charge in [-0.3, -0.25) is 4.79 Å². The lowest BCUT2D eigenvalue weighted by molar-refractivity contribution is -0.151. The van der Waals surface area contributed by atoms with Crippen molar-refractivity contribution in [2.45, 2.75) is 30.4 Å². The van der Waals surface area contributed by atoms with Crippen LogP contribution in [0.4, 0.5) is 0 Å². The number of rotatable bonds is 10. The first-order chi connectivity index (χ1) is 14.4. The van der Waals surface area contributed by atoms with E-state index in [-0.39, 0.29) is 17.2 Å². The highest BCUT2D eigenvalue weighted by molar-refractivity contribution is 7.98. The molecule has 160 valence electrons. The molecule has 0 fully saturated rings. The second kappa shape index (κ2) is 10.2. The third kappa shape index (κ3) is 5.69. The van der Waals surface area contributed by atoms with Crippen LogP contribution < -0.4 is 4.72 Å². The lowest BCUT2D eigenvalue weighted by atomic mass is 10.2. The summed E-state index contributed by atoms with van der Waals surface area (Å²) in [7, 11) is -3.87. The summed E-state index contributed by atoms with van der Waals surface area (Å²) >= 11 is 2.95. The first kappa shape index (κ1) is 22.5. The summed E-state index contributed by atoms with van der Waals surface area (Å²) in [6, 6.07) is 10.6. The molecular weight excluding hydrogens is 446 g/mol. The smallest absolute Gasteiger partial charge is 0.324 e. The van der Waals surface area contributed by atoms with Gasteiger partial charge >= 0.3 is 5.97 Å². The van der Waals surface area contributed by atoms with Gasteiger partial charge in [-0.1, -0.05) is 24.3 Å². The highest BCUT2D eigenvalue weighted by Crippen LogP contribution is 2.26. The summed E-state index contributed by atoms with van der Waals surface area (Å²) in [5.41, 5.74) is 0. The predicted octanol–water partition coefficient (Wildman–Crippen LogP) is 3.50. The number of sulfonamides is 1. The lowest BCUT2D eigenvalue weighted by Crippen LogP contribution is -2.42. The molecule has 0 saturated heterocycles. The average molecular weight is 468 g/mol. The van der Waals surface area contributed by atoms with Gasteiger partial charge in [-0.15, -0.1) is 21.5 Å². The van der Waals surface area contributed by atoms with Gasteiger partial charge in [-0.05, 0) is 48.9 Å². The molecule has 2 heterocycles. The molecular formula is C19H21N3O5S3. The molecule has 0 radical (unpaired) electrons. The summed E-state index contributed by atoms with van der Waals surface area (Å²) < 4.78 is 38.7. The molecule has 3 rings (SSSR count). The summed E-state index contributed by atoms with van der Waals surface area (Å²) in [6.07, 6.45) is 1.33. The molecule has 0 aliphatic rings. The number of thiophene rings is 1. The Morgan fingerprint density at radius 1 is 1.23 bits per heavy atom. The maximum atomic E-state index is 12.7. The van der Waals surface area contributed by atoms with Gasteiger partial charge in [-0.25, -0.2) is 8.42 Å². The third-order valence-corrected chi connectivity index (χ3v) is 7.05. The first-order valence-corrected chi connectivity index (χ1v) is 12.8. The van der Waals surface area contributed by atoms with E-state index in [0.29, 0.717) is 11.6 Å². The van der Waals surface area contributed by atoms with Crippen molar-refractivity contribution in [3.63, 3.8) is 0 Å². The van der Waals surface area contributed by atoms with Crippen LogP contribution in [0.1, 0.15) is 25.3 Å². The Bertz CT molecular complexity index is 1050. The molecule has 0 amide bonds. The molecule has 30 heavy (non-hydrogen) atoms. The molecule has 0 aliphatic heterocycles. The summed E-state index contributed by atoms with van der Waals surface area (Å²) in [4.78, 5) is 13.6. The molecule has 8 nitrogen and oxygen atoms in total. The second-order valence-electron chi connectivity index (χ2n) is 6.27. The lowest BCUT2D eigenvalue weighted by Gasteiger charge is -2.19. The van der Waals surface area contributed by atoms with E-state index in [9.17, 15) is 13.2 Å². The van der Waals surface area contributed by atoms with Crippen LogP contribution in [0.25, 0.3) is 10.8 Å². The molecule has 11 heteroatoms. The van der Waals surface area contributed by atoms with E-state index in [1.54, 1.807) is 25.1 Å². The van der Waals surface area contributed by atoms with E-state index in [0.717, 1.165) is 4.88 Å². The monoisotopic (exact) mass is 467 g/mol. The van der Waals surface area contributed by atoms with Crippen LogP contribution in [0, 0.1) is 0 Å². The van der Waals surface area contributed by atoms with Gasteiger partial charge in [0.15, 0.2) is 6.10 Å². The minimum absolute atomic E-state index is 0.0810. The average Bonchev–Trinajstić information content (AvgIpc) is 3.43. The van der Waals surface area contributed by atoms with Crippen LogP contribution in [-0.4, -0.2) is 42.6 Å². The molecule has 1 N–H and O–H groups in total. The Morgan fingerprint density at radius 2 is 2.00 bits per heavy atom. The fourth-order valence-electron chi connectivity index (χ4n) is 2.52. The van der Waals surface area contributed by atoms with Gasteiger partial charge in [0.05, 0.1) is 9.77 Å².